The number of hydrogen-bond donors (Lipinski definition) is 1. The van der Waals surface area contributed by atoms with Crippen LogP contribution >= 0.6 is 12.4 Å². The molecular weight excluding hydrogens is 268 g/mol. The highest BCUT2D eigenvalue weighted by atomic mass is 35.5. The minimum atomic E-state index is 0. The van der Waals surface area contributed by atoms with E-state index in [0.717, 1.165) is 0 Å². The first kappa shape index (κ1) is 18.3. The Labute approximate surface area is 132 Å². The van der Waals surface area contributed by atoms with Gasteiger partial charge in [-0.15, -0.1) is 12.4 Å². The van der Waals surface area contributed by atoms with Crippen LogP contribution in [-0.2, 0) is 0 Å². The minimum absolute atomic E-state index is 0. The molecule has 1 atom stereocenters. The molecule has 0 radical (unpaired) electrons. The molecule has 3 heteroatoms. The van der Waals surface area contributed by atoms with Crippen LogP contribution in [0.15, 0.2) is 0 Å². The summed E-state index contributed by atoms with van der Waals surface area (Å²) in [7, 11) is 0. The minimum Gasteiger partial charge on any atom is -0.316 e. The molecule has 0 aromatic rings. The van der Waals surface area contributed by atoms with Gasteiger partial charge in [0.2, 0.25) is 0 Å². The van der Waals surface area contributed by atoms with E-state index in [0.29, 0.717) is 11.6 Å². The van der Waals surface area contributed by atoms with Crippen LogP contribution in [0.5, 0.6) is 0 Å². The van der Waals surface area contributed by atoms with E-state index in [9.17, 15) is 0 Å². The Kier molecular flexibility index (Phi) is 8.47. The van der Waals surface area contributed by atoms with Crippen LogP contribution in [0, 0.1) is 5.41 Å². The Bertz CT molecular complexity index is 249. The molecule has 0 aromatic heterocycles. The van der Waals surface area contributed by atoms with Crippen LogP contribution in [-0.4, -0.2) is 24.2 Å². The van der Waals surface area contributed by atoms with Crippen LogP contribution in [0.1, 0.15) is 84.0 Å². The Balaban J connectivity index is 0.00000200. The van der Waals surface area contributed by atoms with Gasteiger partial charge in [-0.3, -0.25) is 4.90 Å². The molecule has 3 fully saturated rings. The van der Waals surface area contributed by atoms with Gasteiger partial charge in [0, 0.05) is 13.1 Å². The van der Waals surface area contributed by atoms with Crippen LogP contribution in [0.2, 0.25) is 0 Å². The smallest absolute Gasteiger partial charge is 0.0577 e. The standard InChI is InChI=1S/C17H34N2.ClH/c1-2-3-4-5-6-7-8-9-10-17-11-13-19(14-12-17)16(18)15-17;/h16H,2-15,18H2,1H3;1H. The molecule has 3 heterocycles. The number of nitrogens with zero attached hydrogens (tertiary/aromatic N) is 1. The molecule has 2 N–H and O–H groups in total. The largest absolute Gasteiger partial charge is 0.316 e. The van der Waals surface area contributed by atoms with Crippen molar-refractivity contribution in [3.63, 3.8) is 0 Å². The molecule has 0 amide bonds. The highest BCUT2D eigenvalue weighted by molar-refractivity contribution is 5.85. The second-order valence-electron chi connectivity index (χ2n) is 7.03. The van der Waals surface area contributed by atoms with Crippen molar-refractivity contribution in [2.45, 2.75) is 90.1 Å². The first-order chi connectivity index (χ1) is 9.26. The van der Waals surface area contributed by atoms with Crippen molar-refractivity contribution in [1.29, 1.82) is 0 Å². The molecule has 0 saturated carbocycles. The number of piperidine rings is 3. The fourth-order valence-corrected chi connectivity index (χ4v) is 4.09. The van der Waals surface area contributed by atoms with Gasteiger partial charge in [0.15, 0.2) is 0 Å². The summed E-state index contributed by atoms with van der Waals surface area (Å²) in [5.74, 6) is 0. The summed E-state index contributed by atoms with van der Waals surface area (Å²) in [4.78, 5) is 2.48. The molecule has 2 nitrogen and oxygen atoms in total. The molecule has 0 spiro atoms. The summed E-state index contributed by atoms with van der Waals surface area (Å²) in [5, 5.41) is 0. The number of hydrogen-bond acceptors (Lipinski definition) is 2. The third-order valence-corrected chi connectivity index (χ3v) is 5.53. The van der Waals surface area contributed by atoms with Crippen molar-refractivity contribution in [3.05, 3.63) is 0 Å². The topological polar surface area (TPSA) is 29.3 Å². The maximum atomic E-state index is 6.23. The van der Waals surface area contributed by atoms with Gasteiger partial charge in [0.25, 0.3) is 0 Å². The lowest BCUT2D eigenvalue weighted by molar-refractivity contribution is -0.0245. The second-order valence-corrected chi connectivity index (χ2v) is 7.03. The lowest BCUT2D eigenvalue weighted by atomic mass is 9.68. The molecule has 0 aromatic carbocycles. The maximum absolute atomic E-state index is 6.23. The van der Waals surface area contributed by atoms with Crippen molar-refractivity contribution < 1.29 is 0 Å². The fourth-order valence-electron chi connectivity index (χ4n) is 4.09. The van der Waals surface area contributed by atoms with Gasteiger partial charge < -0.3 is 5.73 Å². The average Bonchev–Trinajstić information content (AvgIpc) is 2.43. The predicted molar refractivity (Wildman–Crippen MR) is 90.3 cm³/mol. The van der Waals surface area contributed by atoms with Crippen molar-refractivity contribution in [2.24, 2.45) is 11.1 Å². The third kappa shape index (κ3) is 5.20. The molecule has 3 aliphatic rings. The van der Waals surface area contributed by atoms with Crippen LogP contribution in [0.4, 0.5) is 0 Å². The number of halogens is 1. The van der Waals surface area contributed by atoms with Gasteiger partial charge in [-0.2, -0.15) is 0 Å². The molecule has 20 heavy (non-hydrogen) atoms. The molecule has 0 aliphatic carbocycles. The Hall–Kier alpha value is 0.210. The van der Waals surface area contributed by atoms with Crippen LogP contribution in [0.25, 0.3) is 0 Å². The Morgan fingerprint density at radius 2 is 1.50 bits per heavy atom. The highest BCUT2D eigenvalue weighted by Crippen LogP contribution is 2.45. The fraction of sp³-hybridized carbons (Fsp3) is 1.00. The van der Waals surface area contributed by atoms with E-state index in [1.165, 1.54) is 90.1 Å². The number of rotatable bonds is 9. The van der Waals surface area contributed by atoms with E-state index in [2.05, 4.69) is 11.8 Å². The van der Waals surface area contributed by atoms with E-state index in [1.807, 2.05) is 0 Å². The van der Waals surface area contributed by atoms with Crippen molar-refractivity contribution in [3.8, 4) is 0 Å². The van der Waals surface area contributed by atoms with Gasteiger partial charge in [0.1, 0.15) is 0 Å². The van der Waals surface area contributed by atoms with E-state index in [-0.39, 0.29) is 12.4 Å². The molecule has 120 valence electrons. The molecule has 3 aliphatic heterocycles. The first-order valence-electron chi connectivity index (χ1n) is 8.75. The van der Waals surface area contributed by atoms with Gasteiger partial charge in [-0.25, -0.2) is 0 Å². The zero-order valence-electron chi connectivity index (χ0n) is 13.4. The Morgan fingerprint density at radius 1 is 0.950 bits per heavy atom. The molecular formula is C17H35ClN2. The number of fused-ring (bicyclic) bond motifs is 3. The summed E-state index contributed by atoms with van der Waals surface area (Å²) in [6, 6.07) is 0. The van der Waals surface area contributed by atoms with Gasteiger partial charge in [-0.05, 0) is 31.1 Å². The monoisotopic (exact) mass is 302 g/mol. The average molecular weight is 303 g/mol. The molecule has 3 rings (SSSR count). The second kappa shape index (κ2) is 9.27. The Morgan fingerprint density at radius 3 is 2.05 bits per heavy atom. The van der Waals surface area contributed by atoms with Gasteiger partial charge in [0.05, 0.1) is 6.17 Å². The van der Waals surface area contributed by atoms with E-state index < -0.39 is 0 Å². The SMILES string of the molecule is CCCCCCCCCCC12CCN(CC1)C(N)C2.Cl. The summed E-state index contributed by atoms with van der Waals surface area (Å²) in [5.41, 5.74) is 6.86. The van der Waals surface area contributed by atoms with Crippen molar-refractivity contribution in [1.82, 2.24) is 4.90 Å². The lowest BCUT2D eigenvalue weighted by Crippen LogP contribution is -2.57. The highest BCUT2D eigenvalue weighted by Gasteiger charge is 2.42. The quantitative estimate of drug-likeness (QED) is 0.625. The van der Waals surface area contributed by atoms with E-state index in [1.54, 1.807) is 0 Å². The molecule has 1 unspecified atom stereocenters. The normalized spacial score (nSPS) is 32.1. The summed E-state index contributed by atoms with van der Waals surface area (Å²) in [6.07, 6.45) is 17.4. The maximum Gasteiger partial charge on any atom is 0.0577 e. The number of unbranched alkanes of at least 4 members (excludes halogenated alkanes) is 7. The van der Waals surface area contributed by atoms with E-state index >= 15 is 0 Å². The van der Waals surface area contributed by atoms with Crippen LogP contribution < -0.4 is 5.73 Å². The van der Waals surface area contributed by atoms with Crippen LogP contribution in [0.3, 0.4) is 0 Å². The van der Waals surface area contributed by atoms with Gasteiger partial charge >= 0.3 is 0 Å². The van der Waals surface area contributed by atoms with Crippen molar-refractivity contribution in [2.75, 3.05) is 13.1 Å². The molecule has 2 bridgehead atoms. The molecule has 3 saturated heterocycles. The first-order valence-corrected chi connectivity index (χ1v) is 8.75. The third-order valence-electron chi connectivity index (χ3n) is 5.53. The van der Waals surface area contributed by atoms with Gasteiger partial charge in [-0.1, -0.05) is 58.3 Å². The zero-order chi connectivity index (χ0) is 13.6. The summed E-state index contributed by atoms with van der Waals surface area (Å²) in [6.45, 7) is 4.82. The van der Waals surface area contributed by atoms with Crippen molar-refractivity contribution >= 4 is 12.4 Å². The van der Waals surface area contributed by atoms with E-state index in [4.69, 9.17) is 5.73 Å². The lowest BCUT2D eigenvalue weighted by Gasteiger charge is -2.52. The summed E-state index contributed by atoms with van der Waals surface area (Å²) < 4.78 is 0. The zero-order valence-corrected chi connectivity index (χ0v) is 14.2. The number of nitrogens with two attached hydrogens (primary N) is 1. The predicted octanol–water partition coefficient (Wildman–Crippen LogP) is 4.71. The summed E-state index contributed by atoms with van der Waals surface area (Å²) >= 11 is 0.